The molecule has 1 aliphatic heterocycles. The van der Waals surface area contributed by atoms with Crippen molar-refractivity contribution in [2.45, 2.75) is 0 Å². The second-order valence-corrected chi connectivity index (χ2v) is 5.59. The van der Waals surface area contributed by atoms with Gasteiger partial charge in [0, 0.05) is 18.7 Å². The molecule has 1 saturated heterocycles. The summed E-state index contributed by atoms with van der Waals surface area (Å²) in [6.45, 7) is 2.65. The third-order valence-corrected chi connectivity index (χ3v) is 4.15. The number of ether oxygens (including phenoxy) is 1. The topological polar surface area (TPSA) is 32.8 Å². The molecule has 2 aromatic carbocycles. The number of morpholine rings is 1. The molecular formula is C18H18N2O2S. The van der Waals surface area contributed by atoms with E-state index in [-0.39, 0.29) is 5.91 Å². The van der Waals surface area contributed by atoms with E-state index < -0.39 is 0 Å². The number of hydrogen-bond acceptors (Lipinski definition) is 3. The molecular weight excluding hydrogens is 308 g/mol. The Hall–Kier alpha value is -2.24. The van der Waals surface area contributed by atoms with Gasteiger partial charge in [-0.1, -0.05) is 36.4 Å². The van der Waals surface area contributed by atoms with E-state index >= 15 is 0 Å². The van der Waals surface area contributed by atoms with E-state index in [4.69, 9.17) is 17.0 Å². The van der Waals surface area contributed by atoms with Gasteiger partial charge >= 0.3 is 0 Å². The van der Waals surface area contributed by atoms with Crippen LogP contribution in [-0.4, -0.2) is 42.2 Å². The van der Waals surface area contributed by atoms with Gasteiger partial charge in [-0.05, 0) is 36.5 Å². The standard InChI is InChI=1S/C18H18N2O2S/c21-17(15-7-3-1-4-8-15)20(16-9-5-2-6-10-16)18(23)19-11-13-22-14-12-19/h1-10H,11-14H2. The second kappa shape index (κ2) is 7.35. The summed E-state index contributed by atoms with van der Waals surface area (Å²) in [5.41, 5.74) is 1.39. The maximum absolute atomic E-state index is 13.0. The molecule has 1 amide bonds. The number of amides is 1. The molecule has 4 nitrogen and oxygen atoms in total. The Morgan fingerprint density at radius 2 is 1.52 bits per heavy atom. The van der Waals surface area contributed by atoms with Gasteiger partial charge in [0.05, 0.1) is 18.9 Å². The van der Waals surface area contributed by atoms with Crippen LogP contribution in [-0.2, 0) is 4.74 Å². The zero-order valence-corrected chi connectivity index (χ0v) is 13.5. The number of para-hydroxylation sites is 1. The lowest BCUT2D eigenvalue weighted by atomic mass is 10.2. The molecule has 118 valence electrons. The van der Waals surface area contributed by atoms with Gasteiger partial charge in [0.1, 0.15) is 0 Å². The molecule has 0 spiro atoms. The van der Waals surface area contributed by atoms with Crippen molar-refractivity contribution in [3.8, 4) is 0 Å². The van der Waals surface area contributed by atoms with Crippen molar-refractivity contribution in [1.29, 1.82) is 0 Å². The van der Waals surface area contributed by atoms with Crippen LogP contribution in [0.15, 0.2) is 60.7 Å². The van der Waals surface area contributed by atoms with Crippen LogP contribution >= 0.6 is 12.2 Å². The molecule has 0 aromatic heterocycles. The number of rotatable bonds is 2. The van der Waals surface area contributed by atoms with Gasteiger partial charge in [-0.3, -0.25) is 9.69 Å². The zero-order chi connectivity index (χ0) is 16.1. The third-order valence-electron chi connectivity index (χ3n) is 3.71. The van der Waals surface area contributed by atoms with E-state index in [9.17, 15) is 4.79 Å². The van der Waals surface area contributed by atoms with E-state index in [0.29, 0.717) is 37.0 Å². The molecule has 23 heavy (non-hydrogen) atoms. The van der Waals surface area contributed by atoms with Gasteiger partial charge in [-0.25, -0.2) is 0 Å². The fraction of sp³-hybridized carbons (Fsp3) is 0.222. The fourth-order valence-corrected chi connectivity index (χ4v) is 2.87. The van der Waals surface area contributed by atoms with Gasteiger partial charge in [0.15, 0.2) is 5.11 Å². The van der Waals surface area contributed by atoms with Crippen molar-refractivity contribution >= 4 is 28.9 Å². The van der Waals surface area contributed by atoms with Crippen LogP contribution in [0.4, 0.5) is 5.69 Å². The van der Waals surface area contributed by atoms with Crippen LogP contribution in [0.25, 0.3) is 0 Å². The molecule has 0 atom stereocenters. The first kappa shape index (κ1) is 15.6. The summed E-state index contributed by atoms with van der Waals surface area (Å²) in [5, 5.41) is 0.522. The van der Waals surface area contributed by atoms with E-state index in [2.05, 4.69) is 0 Å². The van der Waals surface area contributed by atoms with Crippen molar-refractivity contribution in [1.82, 2.24) is 4.90 Å². The summed E-state index contributed by atoms with van der Waals surface area (Å²) in [6, 6.07) is 18.7. The Morgan fingerprint density at radius 3 is 2.13 bits per heavy atom. The SMILES string of the molecule is O=C(c1ccccc1)N(C(=S)N1CCOCC1)c1ccccc1. The third kappa shape index (κ3) is 3.57. The van der Waals surface area contributed by atoms with Gasteiger partial charge in [0.25, 0.3) is 5.91 Å². The molecule has 1 heterocycles. The summed E-state index contributed by atoms with van der Waals surface area (Å²) in [6.07, 6.45) is 0. The molecule has 5 heteroatoms. The molecule has 3 rings (SSSR count). The number of carbonyl (C=O) groups excluding carboxylic acids is 1. The smallest absolute Gasteiger partial charge is 0.264 e. The number of thiocarbonyl (C=S) groups is 1. The van der Waals surface area contributed by atoms with Crippen LogP contribution in [0, 0.1) is 0 Å². The van der Waals surface area contributed by atoms with Crippen molar-refractivity contribution in [2.75, 3.05) is 31.2 Å². The zero-order valence-electron chi connectivity index (χ0n) is 12.7. The average Bonchev–Trinajstić information content (AvgIpc) is 2.64. The lowest BCUT2D eigenvalue weighted by molar-refractivity contribution is 0.0678. The summed E-state index contributed by atoms with van der Waals surface area (Å²) in [4.78, 5) is 16.6. The predicted octanol–water partition coefficient (Wildman–Crippen LogP) is 2.95. The van der Waals surface area contributed by atoms with E-state index in [1.807, 2.05) is 53.4 Å². The van der Waals surface area contributed by atoms with Crippen molar-refractivity contribution in [3.05, 3.63) is 66.2 Å². The van der Waals surface area contributed by atoms with Gasteiger partial charge in [-0.2, -0.15) is 0 Å². The highest BCUT2D eigenvalue weighted by Crippen LogP contribution is 2.20. The Balaban J connectivity index is 1.94. The lowest BCUT2D eigenvalue weighted by Gasteiger charge is -2.34. The van der Waals surface area contributed by atoms with Gasteiger partial charge in [-0.15, -0.1) is 0 Å². The lowest BCUT2D eigenvalue weighted by Crippen LogP contribution is -2.50. The Bertz CT molecular complexity index is 670. The quantitative estimate of drug-likeness (QED) is 0.795. The van der Waals surface area contributed by atoms with Crippen LogP contribution < -0.4 is 4.90 Å². The molecule has 0 bridgehead atoms. The molecule has 0 saturated carbocycles. The van der Waals surface area contributed by atoms with Gasteiger partial charge in [0.2, 0.25) is 0 Å². The minimum Gasteiger partial charge on any atom is -0.378 e. The van der Waals surface area contributed by atoms with E-state index in [1.54, 1.807) is 17.0 Å². The maximum Gasteiger partial charge on any atom is 0.264 e. The number of carbonyl (C=O) groups is 1. The number of benzene rings is 2. The normalized spacial score (nSPS) is 14.3. The maximum atomic E-state index is 13.0. The molecule has 2 aromatic rings. The van der Waals surface area contributed by atoms with E-state index in [1.165, 1.54) is 0 Å². The fourth-order valence-electron chi connectivity index (χ4n) is 2.50. The molecule has 0 unspecified atom stereocenters. The molecule has 0 N–H and O–H groups in total. The average molecular weight is 326 g/mol. The minimum atomic E-state index is -0.117. The Morgan fingerprint density at radius 1 is 0.957 bits per heavy atom. The van der Waals surface area contributed by atoms with E-state index in [0.717, 1.165) is 5.69 Å². The highest BCUT2D eigenvalue weighted by atomic mass is 32.1. The van der Waals surface area contributed by atoms with Gasteiger partial charge < -0.3 is 9.64 Å². The monoisotopic (exact) mass is 326 g/mol. The van der Waals surface area contributed by atoms with Crippen molar-refractivity contribution < 1.29 is 9.53 Å². The Kier molecular flexibility index (Phi) is 5.00. The summed E-state index contributed by atoms with van der Waals surface area (Å²) in [5.74, 6) is -0.117. The highest BCUT2D eigenvalue weighted by Gasteiger charge is 2.26. The van der Waals surface area contributed by atoms with Crippen molar-refractivity contribution in [3.63, 3.8) is 0 Å². The number of anilines is 1. The second-order valence-electron chi connectivity index (χ2n) is 5.22. The van der Waals surface area contributed by atoms with Crippen LogP contribution in [0.5, 0.6) is 0 Å². The van der Waals surface area contributed by atoms with Crippen LogP contribution in [0.2, 0.25) is 0 Å². The first-order chi connectivity index (χ1) is 11.3. The van der Waals surface area contributed by atoms with Crippen molar-refractivity contribution in [2.24, 2.45) is 0 Å². The highest BCUT2D eigenvalue weighted by molar-refractivity contribution is 7.80. The first-order valence-electron chi connectivity index (χ1n) is 7.58. The largest absolute Gasteiger partial charge is 0.378 e. The summed E-state index contributed by atoms with van der Waals surface area (Å²) in [7, 11) is 0. The molecule has 1 fully saturated rings. The first-order valence-corrected chi connectivity index (χ1v) is 7.99. The Labute approximate surface area is 141 Å². The van der Waals surface area contributed by atoms with Crippen LogP contribution in [0.3, 0.4) is 0 Å². The minimum absolute atomic E-state index is 0.117. The van der Waals surface area contributed by atoms with Crippen LogP contribution in [0.1, 0.15) is 10.4 Å². The summed E-state index contributed by atoms with van der Waals surface area (Å²) < 4.78 is 5.38. The summed E-state index contributed by atoms with van der Waals surface area (Å²) >= 11 is 5.63. The number of hydrogen-bond donors (Lipinski definition) is 0. The molecule has 0 aliphatic carbocycles. The number of nitrogens with zero attached hydrogens (tertiary/aromatic N) is 2. The predicted molar refractivity (Wildman–Crippen MR) is 94.7 cm³/mol. The molecule has 0 radical (unpaired) electrons. The molecule has 1 aliphatic rings.